The Morgan fingerprint density at radius 2 is 2.17 bits per heavy atom. The Labute approximate surface area is 136 Å². The van der Waals surface area contributed by atoms with E-state index in [1.165, 1.54) is 18.2 Å². The number of ether oxygens (including phenoxy) is 1. The van der Waals surface area contributed by atoms with Crippen molar-refractivity contribution in [3.8, 4) is 0 Å². The van der Waals surface area contributed by atoms with Gasteiger partial charge in [-0.3, -0.25) is 0 Å². The third kappa shape index (κ3) is 4.66. The fraction of sp³-hybridized carbons (Fsp3) is 0.533. The van der Waals surface area contributed by atoms with Crippen molar-refractivity contribution in [2.75, 3.05) is 18.5 Å². The van der Waals surface area contributed by atoms with E-state index in [4.69, 9.17) is 9.84 Å². The van der Waals surface area contributed by atoms with Crippen LogP contribution in [0.4, 0.5) is 5.69 Å². The monoisotopic (exact) mass is 342 g/mol. The molecule has 8 heteroatoms. The summed E-state index contributed by atoms with van der Waals surface area (Å²) in [4.78, 5) is 11.1. The third-order valence-electron chi connectivity index (χ3n) is 3.45. The van der Waals surface area contributed by atoms with E-state index in [0.29, 0.717) is 18.8 Å². The smallest absolute Gasteiger partial charge is 0.335 e. The van der Waals surface area contributed by atoms with Gasteiger partial charge in [0.15, 0.2) is 0 Å². The fourth-order valence-corrected chi connectivity index (χ4v) is 3.89. The zero-order valence-corrected chi connectivity index (χ0v) is 14.0. The Hall–Kier alpha value is -1.64. The largest absolute Gasteiger partial charge is 0.478 e. The highest BCUT2D eigenvalue weighted by molar-refractivity contribution is 7.89. The molecule has 128 valence electrons. The summed E-state index contributed by atoms with van der Waals surface area (Å²) in [5.41, 5.74) is 0.301. The number of rotatable bonds is 7. The highest BCUT2D eigenvalue weighted by Crippen LogP contribution is 2.24. The van der Waals surface area contributed by atoms with Crippen LogP contribution in [0.2, 0.25) is 0 Å². The number of aromatic carboxylic acids is 1. The maximum Gasteiger partial charge on any atom is 0.335 e. The van der Waals surface area contributed by atoms with Crippen LogP contribution < -0.4 is 10.0 Å². The molecule has 1 aromatic rings. The van der Waals surface area contributed by atoms with Gasteiger partial charge in [-0.05, 0) is 44.9 Å². The molecule has 0 unspecified atom stereocenters. The molecule has 0 spiro atoms. The summed E-state index contributed by atoms with van der Waals surface area (Å²) >= 11 is 0. The van der Waals surface area contributed by atoms with E-state index in [-0.39, 0.29) is 22.6 Å². The molecule has 0 bridgehead atoms. The molecule has 23 heavy (non-hydrogen) atoms. The lowest BCUT2D eigenvalue weighted by Gasteiger charge is -2.17. The van der Waals surface area contributed by atoms with Gasteiger partial charge in [0.1, 0.15) is 4.90 Å². The molecular formula is C15H22N2O5S. The van der Waals surface area contributed by atoms with Gasteiger partial charge in [0.25, 0.3) is 0 Å². The lowest BCUT2D eigenvalue weighted by Crippen LogP contribution is -2.31. The van der Waals surface area contributed by atoms with Crippen molar-refractivity contribution >= 4 is 21.7 Å². The summed E-state index contributed by atoms with van der Waals surface area (Å²) in [6.45, 7) is 4.61. The first-order valence-corrected chi connectivity index (χ1v) is 9.03. The number of sulfonamides is 1. The summed E-state index contributed by atoms with van der Waals surface area (Å²) in [6, 6.07) is 3.74. The van der Waals surface area contributed by atoms with Crippen LogP contribution in [0.3, 0.4) is 0 Å². The maximum atomic E-state index is 12.5. The molecule has 7 nitrogen and oxygen atoms in total. The van der Waals surface area contributed by atoms with Crippen molar-refractivity contribution in [2.45, 2.75) is 43.7 Å². The molecule has 3 N–H and O–H groups in total. The number of nitrogens with one attached hydrogen (secondary N) is 2. The van der Waals surface area contributed by atoms with Crippen LogP contribution in [0.1, 0.15) is 37.0 Å². The Bertz CT molecular complexity index is 666. The van der Waals surface area contributed by atoms with Crippen molar-refractivity contribution in [1.29, 1.82) is 0 Å². The van der Waals surface area contributed by atoms with Gasteiger partial charge in [-0.15, -0.1) is 0 Å². The maximum absolute atomic E-state index is 12.5. The third-order valence-corrected chi connectivity index (χ3v) is 5.15. The zero-order valence-electron chi connectivity index (χ0n) is 13.2. The van der Waals surface area contributed by atoms with Gasteiger partial charge in [-0.1, -0.05) is 0 Å². The molecule has 1 fully saturated rings. The quantitative estimate of drug-likeness (QED) is 0.696. The molecule has 1 heterocycles. The van der Waals surface area contributed by atoms with Crippen molar-refractivity contribution in [3.63, 3.8) is 0 Å². The van der Waals surface area contributed by atoms with Gasteiger partial charge in [0, 0.05) is 19.2 Å². The van der Waals surface area contributed by atoms with Crippen LogP contribution in [-0.2, 0) is 14.8 Å². The van der Waals surface area contributed by atoms with E-state index in [0.717, 1.165) is 12.8 Å². The molecule has 0 aromatic heterocycles. The van der Waals surface area contributed by atoms with Gasteiger partial charge in [-0.25, -0.2) is 17.9 Å². The molecule has 0 aliphatic carbocycles. The number of carboxylic acids is 1. The lowest BCUT2D eigenvalue weighted by molar-refractivity contribution is 0.0696. The number of hydrogen-bond donors (Lipinski definition) is 3. The van der Waals surface area contributed by atoms with Crippen molar-refractivity contribution in [3.05, 3.63) is 23.8 Å². The van der Waals surface area contributed by atoms with E-state index < -0.39 is 16.0 Å². The predicted molar refractivity (Wildman–Crippen MR) is 86.3 cm³/mol. The number of benzene rings is 1. The Balaban J connectivity index is 2.30. The van der Waals surface area contributed by atoms with E-state index >= 15 is 0 Å². The average Bonchev–Trinajstić information content (AvgIpc) is 2.96. The summed E-state index contributed by atoms with van der Waals surface area (Å²) in [5.74, 6) is -1.17. The molecule has 0 amide bonds. The van der Waals surface area contributed by atoms with Crippen LogP contribution in [0.25, 0.3) is 0 Å². The highest BCUT2D eigenvalue weighted by Gasteiger charge is 2.23. The second kappa shape index (κ2) is 7.29. The van der Waals surface area contributed by atoms with Crippen molar-refractivity contribution in [1.82, 2.24) is 4.72 Å². The summed E-state index contributed by atoms with van der Waals surface area (Å²) < 4.78 is 32.9. The molecule has 0 radical (unpaired) electrons. The standard InChI is InChI=1S/C15H22N2O5S/c1-10(2)17-23(20,21)14-8-11(15(18)19)5-6-13(14)16-9-12-4-3-7-22-12/h5-6,8,10,12,16-17H,3-4,7,9H2,1-2H3,(H,18,19)/t12-/m0/s1. The number of hydrogen-bond acceptors (Lipinski definition) is 5. The summed E-state index contributed by atoms with van der Waals surface area (Å²) in [7, 11) is -3.81. The van der Waals surface area contributed by atoms with E-state index in [1.54, 1.807) is 13.8 Å². The fourth-order valence-electron chi connectivity index (χ4n) is 2.43. The van der Waals surface area contributed by atoms with Gasteiger partial charge < -0.3 is 15.2 Å². The molecule has 2 rings (SSSR count). The van der Waals surface area contributed by atoms with Crippen LogP contribution in [-0.4, -0.2) is 44.8 Å². The first-order valence-electron chi connectivity index (χ1n) is 7.55. The van der Waals surface area contributed by atoms with Crippen LogP contribution in [0.15, 0.2) is 23.1 Å². The Kier molecular flexibility index (Phi) is 5.61. The Morgan fingerprint density at radius 3 is 2.74 bits per heavy atom. The SMILES string of the molecule is CC(C)NS(=O)(=O)c1cc(C(=O)O)ccc1NC[C@@H]1CCCO1. The second-order valence-electron chi connectivity index (χ2n) is 5.81. The Morgan fingerprint density at radius 1 is 1.43 bits per heavy atom. The molecule has 1 atom stereocenters. The minimum absolute atomic E-state index is 0.0442. The number of carboxylic acid groups (broad SMARTS) is 1. The first-order chi connectivity index (χ1) is 10.8. The van der Waals surface area contributed by atoms with Gasteiger partial charge >= 0.3 is 5.97 Å². The van der Waals surface area contributed by atoms with Crippen LogP contribution in [0.5, 0.6) is 0 Å². The van der Waals surface area contributed by atoms with Crippen LogP contribution >= 0.6 is 0 Å². The predicted octanol–water partition coefficient (Wildman–Crippen LogP) is 1.66. The summed E-state index contributed by atoms with van der Waals surface area (Å²) in [6.07, 6.45) is 1.96. The van der Waals surface area contributed by atoms with Gasteiger partial charge in [0.05, 0.1) is 17.4 Å². The van der Waals surface area contributed by atoms with E-state index in [1.807, 2.05) is 0 Å². The molecule has 1 aromatic carbocycles. The second-order valence-corrected chi connectivity index (χ2v) is 7.49. The van der Waals surface area contributed by atoms with Gasteiger partial charge in [0.2, 0.25) is 10.0 Å². The van der Waals surface area contributed by atoms with Crippen LogP contribution in [0, 0.1) is 0 Å². The topological polar surface area (TPSA) is 105 Å². The average molecular weight is 342 g/mol. The molecule has 1 saturated heterocycles. The number of carbonyl (C=O) groups is 1. The van der Waals surface area contributed by atoms with Gasteiger partial charge in [-0.2, -0.15) is 0 Å². The molecular weight excluding hydrogens is 320 g/mol. The summed E-state index contributed by atoms with van der Waals surface area (Å²) in [5, 5.41) is 12.2. The van der Waals surface area contributed by atoms with Crippen molar-refractivity contribution < 1.29 is 23.1 Å². The number of anilines is 1. The zero-order chi connectivity index (χ0) is 17.0. The van der Waals surface area contributed by atoms with E-state index in [9.17, 15) is 13.2 Å². The molecule has 0 saturated carbocycles. The first kappa shape index (κ1) is 17.7. The minimum Gasteiger partial charge on any atom is -0.478 e. The highest BCUT2D eigenvalue weighted by atomic mass is 32.2. The van der Waals surface area contributed by atoms with Crippen molar-refractivity contribution in [2.24, 2.45) is 0 Å². The molecule has 1 aliphatic heterocycles. The normalized spacial score (nSPS) is 18.3. The van der Waals surface area contributed by atoms with E-state index in [2.05, 4.69) is 10.0 Å². The lowest BCUT2D eigenvalue weighted by atomic mass is 10.2. The minimum atomic E-state index is -3.81. The molecule has 1 aliphatic rings.